The van der Waals surface area contributed by atoms with E-state index in [0.717, 1.165) is 23.1 Å². The van der Waals surface area contributed by atoms with Gasteiger partial charge in [0.2, 0.25) is 0 Å². The van der Waals surface area contributed by atoms with Gasteiger partial charge in [-0.05, 0) is 83.3 Å². The van der Waals surface area contributed by atoms with Crippen molar-refractivity contribution < 1.29 is 14.7 Å². The number of hydrogen-bond acceptors (Lipinski definition) is 2. The van der Waals surface area contributed by atoms with Gasteiger partial charge >= 0.3 is 5.97 Å². The fourth-order valence-corrected chi connectivity index (χ4v) is 4.46. The van der Waals surface area contributed by atoms with E-state index in [1.54, 1.807) is 18.2 Å². The summed E-state index contributed by atoms with van der Waals surface area (Å²) in [6.07, 6.45) is 3.78. The maximum atomic E-state index is 13.1. The van der Waals surface area contributed by atoms with Crippen molar-refractivity contribution in [2.75, 3.05) is 5.32 Å². The van der Waals surface area contributed by atoms with Gasteiger partial charge in [-0.2, -0.15) is 0 Å². The van der Waals surface area contributed by atoms with Gasteiger partial charge in [-0.15, -0.1) is 0 Å². The number of aryl methyl sites for hydroxylation is 2. The van der Waals surface area contributed by atoms with E-state index in [4.69, 9.17) is 0 Å². The molecule has 0 aliphatic heterocycles. The second-order valence-electron chi connectivity index (χ2n) is 9.32. The Morgan fingerprint density at radius 1 is 1.00 bits per heavy atom. The molecule has 0 fully saturated rings. The summed E-state index contributed by atoms with van der Waals surface area (Å²) in [7, 11) is 0. The van der Waals surface area contributed by atoms with E-state index in [9.17, 15) is 14.7 Å². The Morgan fingerprint density at radius 3 is 2.39 bits per heavy atom. The third-order valence-corrected chi connectivity index (χ3v) is 6.45. The monoisotopic (exact) mass is 439 g/mol. The third-order valence-electron chi connectivity index (χ3n) is 6.45. The number of nitrogens with one attached hydrogen (secondary N) is 1. The van der Waals surface area contributed by atoms with Crippen LogP contribution in [-0.4, -0.2) is 17.0 Å². The van der Waals surface area contributed by atoms with E-state index in [1.165, 1.54) is 11.1 Å². The molecule has 3 aromatic rings. The van der Waals surface area contributed by atoms with Crippen LogP contribution in [0, 0.1) is 6.92 Å². The zero-order valence-electron chi connectivity index (χ0n) is 19.5. The molecule has 3 aromatic carbocycles. The van der Waals surface area contributed by atoms with Crippen LogP contribution in [0.5, 0.6) is 0 Å². The molecular weight excluding hydrogens is 410 g/mol. The number of fused-ring (bicyclic) bond motifs is 1. The van der Waals surface area contributed by atoms with Crippen molar-refractivity contribution in [3.05, 3.63) is 106 Å². The second kappa shape index (κ2) is 8.70. The summed E-state index contributed by atoms with van der Waals surface area (Å²) in [4.78, 5) is 24.5. The quantitative estimate of drug-likeness (QED) is 0.469. The number of carboxylic acid groups (broad SMARTS) is 1. The molecule has 33 heavy (non-hydrogen) atoms. The lowest BCUT2D eigenvalue weighted by Gasteiger charge is -2.32. The van der Waals surface area contributed by atoms with Gasteiger partial charge in [0.15, 0.2) is 0 Å². The first-order chi connectivity index (χ1) is 15.7. The van der Waals surface area contributed by atoms with Crippen LogP contribution in [0.15, 0.2) is 66.7 Å². The van der Waals surface area contributed by atoms with Crippen LogP contribution < -0.4 is 5.32 Å². The lowest BCUT2D eigenvalue weighted by Crippen LogP contribution is -2.23. The smallest absolute Gasteiger partial charge is 0.335 e. The Kier molecular flexibility index (Phi) is 5.94. The number of aromatic carboxylic acids is 1. The van der Waals surface area contributed by atoms with E-state index in [2.05, 4.69) is 62.5 Å². The van der Waals surface area contributed by atoms with Crippen molar-refractivity contribution in [3.8, 4) is 0 Å². The molecule has 2 N–H and O–H groups in total. The second-order valence-corrected chi connectivity index (χ2v) is 9.32. The highest BCUT2D eigenvalue weighted by atomic mass is 16.4. The normalized spacial score (nSPS) is 14.2. The van der Waals surface area contributed by atoms with Gasteiger partial charge in [0.25, 0.3) is 5.91 Å². The van der Waals surface area contributed by atoms with Crippen LogP contribution in [0.1, 0.15) is 75.7 Å². The Morgan fingerprint density at radius 2 is 1.73 bits per heavy atom. The van der Waals surface area contributed by atoms with E-state index >= 15 is 0 Å². The SMILES string of the molecule is CCc1cc(NC(=O)c2ccc3c(c2)C(c2ccc(C)cc2)=CCC3(C)C)ccc1C(=O)O. The molecular formula is C29H29NO3. The largest absolute Gasteiger partial charge is 0.478 e. The van der Waals surface area contributed by atoms with Crippen molar-refractivity contribution in [1.82, 2.24) is 0 Å². The Labute approximate surface area is 195 Å². The molecule has 1 amide bonds. The molecule has 1 aliphatic carbocycles. The summed E-state index contributed by atoms with van der Waals surface area (Å²) >= 11 is 0. The van der Waals surface area contributed by atoms with Crippen molar-refractivity contribution >= 4 is 23.1 Å². The number of carbonyl (C=O) groups is 2. The molecule has 0 spiro atoms. The Balaban J connectivity index is 1.69. The minimum Gasteiger partial charge on any atom is -0.478 e. The van der Waals surface area contributed by atoms with Gasteiger partial charge in [0.1, 0.15) is 0 Å². The number of carbonyl (C=O) groups excluding carboxylic acids is 1. The number of anilines is 1. The van der Waals surface area contributed by atoms with Crippen LogP contribution in [-0.2, 0) is 11.8 Å². The fourth-order valence-electron chi connectivity index (χ4n) is 4.46. The van der Waals surface area contributed by atoms with Crippen molar-refractivity contribution in [2.45, 2.75) is 46.0 Å². The number of carboxylic acids is 1. The maximum absolute atomic E-state index is 13.1. The van der Waals surface area contributed by atoms with Crippen LogP contribution in [0.3, 0.4) is 0 Å². The molecule has 0 saturated heterocycles. The van der Waals surface area contributed by atoms with Crippen molar-refractivity contribution in [2.24, 2.45) is 0 Å². The number of rotatable bonds is 5. The average molecular weight is 440 g/mol. The van der Waals surface area contributed by atoms with E-state index in [-0.39, 0.29) is 16.9 Å². The number of allylic oxidation sites excluding steroid dienone is 1. The highest BCUT2D eigenvalue weighted by Crippen LogP contribution is 2.41. The predicted molar refractivity (Wildman–Crippen MR) is 133 cm³/mol. The van der Waals surface area contributed by atoms with Gasteiger partial charge < -0.3 is 10.4 Å². The highest BCUT2D eigenvalue weighted by molar-refractivity contribution is 6.05. The first-order valence-corrected chi connectivity index (χ1v) is 11.3. The molecule has 0 atom stereocenters. The molecule has 168 valence electrons. The maximum Gasteiger partial charge on any atom is 0.335 e. The summed E-state index contributed by atoms with van der Waals surface area (Å²) in [5.41, 5.74) is 7.93. The topological polar surface area (TPSA) is 66.4 Å². The van der Waals surface area contributed by atoms with E-state index < -0.39 is 5.97 Å². The Hall–Kier alpha value is -3.66. The standard InChI is InChI=1S/C29H29NO3/c1-5-19-16-22(11-12-24(19)28(32)33)30-27(31)21-10-13-26-25(17-21)23(14-15-29(26,3)4)20-8-6-18(2)7-9-20/h6-14,16-17H,5,15H2,1-4H3,(H,30,31)(H,32,33). The van der Waals surface area contributed by atoms with Crippen molar-refractivity contribution in [1.29, 1.82) is 0 Å². The zero-order chi connectivity index (χ0) is 23.8. The summed E-state index contributed by atoms with van der Waals surface area (Å²) in [5, 5.41) is 12.3. The zero-order valence-corrected chi connectivity index (χ0v) is 19.5. The lowest BCUT2D eigenvalue weighted by atomic mass is 9.72. The molecule has 0 unspecified atom stereocenters. The van der Waals surface area contributed by atoms with Gasteiger partial charge in [-0.3, -0.25) is 4.79 Å². The van der Waals surface area contributed by atoms with Crippen molar-refractivity contribution in [3.63, 3.8) is 0 Å². The number of hydrogen-bond donors (Lipinski definition) is 2. The summed E-state index contributed by atoms with van der Waals surface area (Å²) in [6, 6.07) is 19.3. The molecule has 1 aliphatic rings. The summed E-state index contributed by atoms with van der Waals surface area (Å²) < 4.78 is 0. The van der Waals surface area contributed by atoms with Gasteiger partial charge in [0, 0.05) is 11.3 Å². The van der Waals surface area contributed by atoms with Gasteiger partial charge in [0.05, 0.1) is 5.56 Å². The first kappa shape index (κ1) is 22.5. The lowest BCUT2D eigenvalue weighted by molar-refractivity contribution is 0.0695. The first-order valence-electron chi connectivity index (χ1n) is 11.3. The fraction of sp³-hybridized carbons (Fsp3) is 0.241. The molecule has 4 heteroatoms. The molecule has 4 rings (SSSR count). The van der Waals surface area contributed by atoms with Crippen LogP contribution >= 0.6 is 0 Å². The predicted octanol–water partition coefficient (Wildman–Crippen LogP) is 6.62. The van der Waals surface area contributed by atoms with E-state index in [1.807, 2.05) is 19.1 Å². The molecule has 4 nitrogen and oxygen atoms in total. The molecule has 0 radical (unpaired) electrons. The van der Waals surface area contributed by atoms with E-state index in [0.29, 0.717) is 23.2 Å². The minimum atomic E-state index is -0.961. The van der Waals surface area contributed by atoms with Gasteiger partial charge in [-0.25, -0.2) is 4.79 Å². The van der Waals surface area contributed by atoms with Gasteiger partial charge in [-0.1, -0.05) is 62.7 Å². The Bertz CT molecular complexity index is 1270. The third kappa shape index (κ3) is 4.47. The van der Waals surface area contributed by atoms with Crippen LogP contribution in [0.2, 0.25) is 0 Å². The summed E-state index contributed by atoms with van der Waals surface area (Å²) in [5.74, 6) is -1.17. The highest BCUT2D eigenvalue weighted by Gasteiger charge is 2.29. The minimum absolute atomic E-state index is 0.0127. The average Bonchev–Trinajstić information content (AvgIpc) is 2.79. The van der Waals surface area contributed by atoms with Crippen LogP contribution in [0.25, 0.3) is 5.57 Å². The number of benzene rings is 3. The summed E-state index contributed by atoms with van der Waals surface area (Å²) in [6.45, 7) is 8.43. The van der Waals surface area contributed by atoms with Crippen LogP contribution in [0.4, 0.5) is 5.69 Å². The molecule has 0 saturated carbocycles. The molecule has 0 aromatic heterocycles. The number of amides is 1. The molecule has 0 bridgehead atoms. The molecule has 0 heterocycles.